The van der Waals surface area contributed by atoms with Gasteiger partial charge in [-0.25, -0.2) is 32.8 Å². The summed E-state index contributed by atoms with van der Waals surface area (Å²) in [4.78, 5) is 17.1. The molecule has 0 amide bonds. The fourth-order valence-corrected chi connectivity index (χ4v) is 7.73. The smallest absolute Gasteiger partial charge is 0.389 e. The van der Waals surface area contributed by atoms with E-state index in [9.17, 15) is 31.0 Å². The Labute approximate surface area is 250 Å². The Kier molecular flexibility index (Phi) is 8.57. The molecule has 0 radical (unpaired) electrons. The molecule has 3 unspecified atom stereocenters. The number of nitrogens with zero attached hydrogens (tertiary/aromatic N) is 5. The molecule has 0 spiro atoms. The lowest BCUT2D eigenvalue weighted by Gasteiger charge is -2.46. The molecule has 2 aliphatic rings. The van der Waals surface area contributed by atoms with Crippen molar-refractivity contribution in [2.24, 2.45) is 17.0 Å². The minimum Gasteiger partial charge on any atom is -0.389 e. The second-order valence-electron chi connectivity index (χ2n) is 10.4. The molecule has 5 rings (SSSR count). The van der Waals surface area contributed by atoms with Gasteiger partial charge in [-0.2, -0.15) is 18.3 Å². The maximum absolute atomic E-state index is 14.2. The zero-order valence-corrected chi connectivity index (χ0v) is 24.5. The van der Waals surface area contributed by atoms with Crippen molar-refractivity contribution in [2.75, 3.05) is 20.3 Å². The molecule has 4 N–H and O–H groups in total. The first kappa shape index (κ1) is 31.0. The van der Waals surface area contributed by atoms with E-state index < -0.39 is 51.8 Å². The fraction of sp³-hybridized carbons (Fsp3) is 0.370. The summed E-state index contributed by atoms with van der Waals surface area (Å²) in [5, 5.41) is 5.12. The van der Waals surface area contributed by atoms with Crippen molar-refractivity contribution in [3.05, 3.63) is 80.4 Å². The summed E-state index contributed by atoms with van der Waals surface area (Å²) in [5.74, 6) is 4.58. The van der Waals surface area contributed by atoms with Crippen LogP contribution in [-0.2, 0) is 23.6 Å². The Morgan fingerprint density at radius 3 is 2.63 bits per heavy atom. The Hall–Kier alpha value is -3.47. The number of benzene rings is 1. The number of ketones is 1. The number of hydrogen-bond acceptors (Lipinski definition) is 8. The lowest BCUT2D eigenvalue weighted by molar-refractivity contribution is -0.134. The normalized spacial score (nSPS) is 21.3. The van der Waals surface area contributed by atoms with Crippen LogP contribution in [0.1, 0.15) is 45.2 Å². The molecule has 9 nitrogen and oxygen atoms in total. The maximum atomic E-state index is 14.2. The molecule has 0 aliphatic heterocycles. The monoisotopic (exact) mass is 641 g/mol. The van der Waals surface area contributed by atoms with Crippen molar-refractivity contribution in [3.63, 3.8) is 0 Å². The van der Waals surface area contributed by atoms with Gasteiger partial charge in [-0.3, -0.25) is 4.79 Å². The largest absolute Gasteiger partial charge is 0.427 e. The molecule has 0 saturated heterocycles. The van der Waals surface area contributed by atoms with E-state index in [1.54, 1.807) is 29.1 Å². The Morgan fingerprint density at radius 2 is 2.00 bits per heavy atom. The topological polar surface area (TPSA) is 123 Å². The van der Waals surface area contributed by atoms with Gasteiger partial charge in [0.1, 0.15) is 33.4 Å². The summed E-state index contributed by atoms with van der Waals surface area (Å²) >= 11 is 0.263. The molecule has 43 heavy (non-hydrogen) atoms. The van der Waals surface area contributed by atoms with Crippen LogP contribution in [0.5, 0.6) is 0 Å². The van der Waals surface area contributed by atoms with Crippen LogP contribution in [0.2, 0.25) is 0 Å². The number of carbonyl (C=O) groups is 1. The number of alkyl halides is 4. The van der Waals surface area contributed by atoms with Crippen LogP contribution in [-0.4, -0.2) is 60.4 Å². The van der Waals surface area contributed by atoms with Gasteiger partial charge in [0.05, 0.1) is 29.2 Å². The second-order valence-corrected chi connectivity index (χ2v) is 12.9. The fourth-order valence-electron chi connectivity index (χ4n) is 5.70. The van der Waals surface area contributed by atoms with Gasteiger partial charge in [-0.1, -0.05) is 5.57 Å². The number of hydrazine groups is 1. The lowest BCUT2D eigenvalue weighted by atomic mass is 9.61. The summed E-state index contributed by atoms with van der Waals surface area (Å²) in [7, 11) is -0.537. The van der Waals surface area contributed by atoms with E-state index in [0.717, 1.165) is 5.01 Å². The van der Waals surface area contributed by atoms with Crippen molar-refractivity contribution in [2.45, 2.75) is 37.9 Å². The van der Waals surface area contributed by atoms with Crippen LogP contribution >= 0.6 is 11.3 Å². The second kappa shape index (κ2) is 11.9. The number of aromatic nitrogens is 3. The van der Waals surface area contributed by atoms with Gasteiger partial charge in [-0.15, -0.1) is 11.3 Å². The minimum atomic E-state index is -4.67. The third-order valence-corrected chi connectivity index (χ3v) is 10.0. The quantitative estimate of drug-likeness (QED) is 0.154. The van der Waals surface area contributed by atoms with Crippen LogP contribution < -0.4 is 11.6 Å². The Balaban J connectivity index is 1.58. The number of rotatable bonds is 9. The van der Waals surface area contributed by atoms with Crippen molar-refractivity contribution >= 4 is 34.2 Å². The minimum absolute atomic E-state index is 0.0250. The van der Waals surface area contributed by atoms with E-state index in [2.05, 4.69) is 10.1 Å². The van der Waals surface area contributed by atoms with Crippen LogP contribution in [0.3, 0.4) is 0 Å². The summed E-state index contributed by atoms with van der Waals surface area (Å²) in [5.41, 5.74) is 7.14. The molecule has 230 valence electrons. The molecular formula is C27H28F5N7O2S2. The SMILES string of the molecule is CN(N)/C=C(\N)S(=O)N(CCF)C1CCC2=Cc3c(cnn3-c3ccc(F)cc3)CC2(C(=O)c2ncc(C(F)(F)F)s2)C1. The molecule has 16 heteroatoms. The number of allylic oxidation sites excluding steroid dienone is 1. The first-order valence-electron chi connectivity index (χ1n) is 13.1. The lowest BCUT2D eigenvalue weighted by Crippen LogP contribution is -2.50. The standard InChI is InChI=1S/C27H28F5N7O2S2/c1-37(34)15-23(33)43(41)38(9-8-28)20-5-2-17-10-21-16(13-36-39(21)19-6-3-18(29)4-7-19)11-26(17,12-20)24(40)25-35-14-22(42-25)27(30,31)32/h3-4,6-7,10,13-15,20H,2,5,8-9,11-12,33-34H2,1H3/b23-15+. The molecule has 1 fully saturated rings. The number of fused-ring (bicyclic) bond motifs is 2. The van der Waals surface area contributed by atoms with Gasteiger partial charge < -0.3 is 10.7 Å². The summed E-state index contributed by atoms with van der Waals surface area (Å²) in [6.45, 7) is -1.11. The molecule has 0 bridgehead atoms. The van der Waals surface area contributed by atoms with E-state index in [-0.39, 0.29) is 40.8 Å². The molecule has 2 aromatic heterocycles. The highest BCUT2D eigenvalue weighted by Crippen LogP contribution is 2.52. The average molecular weight is 642 g/mol. The molecule has 1 aromatic carbocycles. The van der Waals surface area contributed by atoms with Gasteiger partial charge in [0.15, 0.2) is 5.01 Å². The first-order valence-corrected chi connectivity index (χ1v) is 15.1. The van der Waals surface area contributed by atoms with Crippen LogP contribution in [0.25, 0.3) is 11.8 Å². The van der Waals surface area contributed by atoms with E-state index in [1.807, 2.05) is 0 Å². The van der Waals surface area contributed by atoms with Gasteiger partial charge in [-0.05, 0) is 61.6 Å². The molecule has 2 heterocycles. The van der Waals surface area contributed by atoms with Crippen LogP contribution in [0.4, 0.5) is 22.0 Å². The highest BCUT2D eigenvalue weighted by atomic mass is 32.2. The summed E-state index contributed by atoms with van der Waals surface area (Å²) in [6, 6.07) is 5.08. The van der Waals surface area contributed by atoms with E-state index >= 15 is 0 Å². The van der Waals surface area contributed by atoms with Crippen molar-refractivity contribution in [3.8, 4) is 5.69 Å². The number of hydrogen-bond donors (Lipinski definition) is 2. The third kappa shape index (κ3) is 6.01. The molecular weight excluding hydrogens is 613 g/mol. The van der Waals surface area contributed by atoms with Gasteiger partial charge >= 0.3 is 6.18 Å². The highest BCUT2D eigenvalue weighted by Gasteiger charge is 2.52. The van der Waals surface area contributed by atoms with Crippen molar-refractivity contribution < 1.29 is 31.0 Å². The number of nitrogens with two attached hydrogens (primary N) is 2. The average Bonchev–Trinajstić information content (AvgIpc) is 3.61. The zero-order chi connectivity index (χ0) is 31.1. The predicted molar refractivity (Wildman–Crippen MR) is 152 cm³/mol. The van der Waals surface area contributed by atoms with Crippen LogP contribution in [0.15, 0.2) is 53.5 Å². The molecule has 2 aliphatic carbocycles. The van der Waals surface area contributed by atoms with E-state index in [0.29, 0.717) is 41.6 Å². The van der Waals surface area contributed by atoms with Gasteiger partial charge in [0.25, 0.3) is 0 Å². The van der Waals surface area contributed by atoms with Crippen molar-refractivity contribution in [1.29, 1.82) is 0 Å². The van der Waals surface area contributed by atoms with E-state index in [1.165, 1.54) is 29.7 Å². The molecule has 1 saturated carbocycles. The van der Waals surface area contributed by atoms with E-state index in [4.69, 9.17) is 11.6 Å². The Morgan fingerprint density at radius 1 is 1.28 bits per heavy atom. The first-order chi connectivity index (χ1) is 20.3. The molecule has 3 aromatic rings. The number of Topliss-reactive ketones (excluding diaryl/α,β-unsaturated/α-hetero) is 1. The number of halogens is 5. The third-order valence-electron chi connectivity index (χ3n) is 7.58. The van der Waals surface area contributed by atoms with Crippen LogP contribution in [0, 0.1) is 11.2 Å². The summed E-state index contributed by atoms with van der Waals surface area (Å²) < 4.78 is 84.0. The highest BCUT2D eigenvalue weighted by molar-refractivity contribution is 7.86. The van der Waals surface area contributed by atoms with Gasteiger partial charge in [0.2, 0.25) is 5.78 Å². The molecule has 3 atom stereocenters. The zero-order valence-electron chi connectivity index (χ0n) is 22.9. The predicted octanol–water partition coefficient (Wildman–Crippen LogP) is 4.35. The summed E-state index contributed by atoms with van der Waals surface area (Å²) in [6.07, 6.45) is 1.30. The maximum Gasteiger partial charge on any atom is 0.427 e. The Bertz CT molecular complexity index is 1600. The number of thiazole rings is 1. The number of carbonyl (C=O) groups excluding carboxylic acids is 1. The van der Waals surface area contributed by atoms with Crippen molar-refractivity contribution in [1.82, 2.24) is 24.1 Å². The van der Waals surface area contributed by atoms with Gasteiger partial charge in [0, 0.05) is 25.8 Å².